The smallest absolute Gasteiger partial charge is 0.261 e. The van der Waals surface area contributed by atoms with E-state index in [2.05, 4.69) is 10.0 Å². The van der Waals surface area contributed by atoms with Gasteiger partial charge in [-0.25, -0.2) is 12.8 Å². The van der Waals surface area contributed by atoms with Gasteiger partial charge in [-0.2, -0.15) is 0 Å². The number of carbonyl (C=O) groups is 2. The first-order valence-corrected chi connectivity index (χ1v) is 10.0. The van der Waals surface area contributed by atoms with Crippen molar-refractivity contribution in [1.29, 1.82) is 0 Å². The lowest BCUT2D eigenvalue weighted by Crippen LogP contribution is -2.19. The van der Waals surface area contributed by atoms with Crippen molar-refractivity contribution in [2.75, 3.05) is 10.0 Å². The number of hydrogen-bond acceptors (Lipinski definition) is 4. The van der Waals surface area contributed by atoms with Gasteiger partial charge in [-0.05, 0) is 49.4 Å². The molecule has 0 saturated carbocycles. The van der Waals surface area contributed by atoms with Gasteiger partial charge in [-0.15, -0.1) is 0 Å². The fourth-order valence-electron chi connectivity index (χ4n) is 2.62. The molecule has 0 heterocycles. The zero-order valence-corrected chi connectivity index (χ0v) is 16.2. The Balaban J connectivity index is 1.94. The van der Waals surface area contributed by atoms with E-state index in [1.807, 2.05) is 6.92 Å². The number of amides is 1. The predicted molar refractivity (Wildman–Crippen MR) is 108 cm³/mol. The molecule has 0 unspecified atom stereocenters. The Hall–Kier alpha value is -3.52. The van der Waals surface area contributed by atoms with Gasteiger partial charge in [0.1, 0.15) is 5.82 Å². The van der Waals surface area contributed by atoms with Crippen LogP contribution in [0.25, 0.3) is 0 Å². The lowest BCUT2D eigenvalue weighted by atomic mass is 10.1. The standard InChI is InChI=1S/C21H17FN2O4S/c1-14-6-9-17(10-7-14)29(27,28)24-20-12-16(22)8-11-18(20)21(26)23-19-5-3-2-4-15(19)13-25/h2-13,24H,1H3,(H,23,26). The average Bonchev–Trinajstić information content (AvgIpc) is 2.68. The Kier molecular flexibility index (Phi) is 5.74. The fourth-order valence-corrected chi connectivity index (χ4v) is 3.69. The molecule has 0 atom stereocenters. The Morgan fingerprint density at radius 2 is 1.66 bits per heavy atom. The lowest BCUT2D eigenvalue weighted by molar-refractivity contribution is 0.102. The third-order valence-electron chi connectivity index (χ3n) is 4.14. The summed E-state index contributed by atoms with van der Waals surface area (Å²) >= 11 is 0. The number of halogens is 1. The monoisotopic (exact) mass is 412 g/mol. The number of sulfonamides is 1. The molecule has 0 fully saturated rings. The maximum atomic E-state index is 13.8. The van der Waals surface area contributed by atoms with Crippen molar-refractivity contribution in [2.45, 2.75) is 11.8 Å². The third-order valence-corrected chi connectivity index (χ3v) is 5.52. The van der Waals surface area contributed by atoms with E-state index in [0.717, 1.165) is 17.7 Å². The summed E-state index contributed by atoms with van der Waals surface area (Å²) in [5, 5.41) is 2.54. The SMILES string of the molecule is Cc1ccc(S(=O)(=O)Nc2cc(F)ccc2C(=O)Nc2ccccc2C=O)cc1. The lowest BCUT2D eigenvalue weighted by Gasteiger charge is -2.14. The molecule has 3 aromatic carbocycles. The van der Waals surface area contributed by atoms with Crippen LogP contribution in [0.2, 0.25) is 0 Å². The molecular weight excluding hydrogens is 395 g/mol. The molecule has 0 aliphatic carbocycles. The first-order valence-electron chi connectivity index (χ1n) is 8.55. The second-order valence-electron chi connectivity index (χ2n) is 6.27. The molecule has 0 spiro atoms. The number of rotatable bonds is 6. The molecule has 2 N–H and O–H groups in total. The number of para-hydroxylation sites is 1. The van der Waals surface area contributed by atoms with Crippen LogP contribution in [0.3, 0.4) is 0 Å². The molecule has 0 radical (unpaired) electrons. The minimum absolute atomic E-state index is 0.0231. The highest BCUT2D eigenvalue weighted by molar-refractivity contribution is 7.92. The maximum Gasteiger partial charge on any atom is 0.261 e. The van der Waals surface area contributed by atoms with Crippen LogP contribution in [0.5, 0.6) is 0 Å². The Labute approximate surface area is 167 Å². The molecular formula is C21H17FN2O4S. The van der Waals surface area contributed by atoms with Crippen molar-refractivity contribution in [3.8, 4) is 0 Å². The second kappa shape index (κ2) is 8.24. The minimum atomic E-state index is -4.04. The van der Waals surface area contributed by atoms with Crippen molar-refractivity contribution < 1.29 is 22.4 Å². The van der Waals surface area contributed by atoms with Gasteiger partial charge in [-0.3, -0.25) is 14.3 Å². The summed E-state index contributed by atoms with van der Waals surface area (Å²) in [7, 11) is -4.04. The maximum absolute atomic E-state index is 13.8. The Bertz CT molecular complexity index is 1180. The Morgan fingerprint density at radius 3 is 2.34 bits per heavy atom. The molecule has 1 amide bonds. The van der Waals surface area contributed by atoms with Crippen molar-refractivity contribution in [1.82, 2.24) is 0 Å². The third kappa shape index (κ3) is 4.67. The van der Waals surface area contributed by atoms with Crippen LogP contribution < -0.4 is 10.0 Å². The van der Waals surface area contributed by atoms with E-state index >= 15 is 0 Å². The average molecular weight is 412 g/mol. The summed E-state index contributed by atoms with van der Waals surface area (Å²) in [6.45, 7) is 1.82. The summed E-state index contributed by atoms with van der Waals surface area (Å²) in [6, 6.07) is 15.5. The van der Waals surface area contributed by atoms with Crippen molar-refractivity contribution >= 4 is 33.6 Å². The summed E-state index contributed by atoms with van der Waals surface area (Å²) < 4.78 is 41.3. The van der Waals surface area contributed by atoms with Crippen molar-refractivity contribution in [2.24, 2.45) is 0 Å². The van der Waals surface area contributed by atoms with Crippen molar-refractivity contribution in [3.05, 3.63) is 89.2 Å². The first kappa shape index (κ1) is 20.2. The van der Waals surface area contributed by atoms with E-state index in [-0.39, 0.29) is 27.4 Å². The molecule has 0 bridgehead atoms. The normalized spacial score (nSPS) is 11.0. The number of aryl methyl sites for hydroxylation is 1. The van der Waals surface area contributed by atoms with Crippen LogP contribution in [0.4, 0.5) is 15.8 Å². The van der Waals surface area contributed by atoms with Gasteiger partial charge >= 0.3 is 0 Å². The first-order chi connectivity index (χ1) is 13.8. The molecule has 0 aliphatic rings. The van der Waals surface area contributed by atoms with E-state index in [1.165, 1.54) is 30.3 Å². The number of hydrogen-bond donors (Lipinski definition) is 2. The largest absolute Gasteiger partial charge is 0.321 e. The highest BCUT2D eigenvalue weighted by atomic mass is 32.2. The van der Waals surface area contributed by atoms with E-state index in [1.54, 1.807) is 24.3 Å². The molecule has 0 saturated heterocycles. The number of benzene rings is 3. The quantitative estimate of drug-likeness (QED) is 0.599. The highest BCUT2D eigenvalue weighted by Gasteiger charge is 2.20. The topological polar surface area (TPSA) is 92.3 Å². The summed E-state index contributed by atoms with van der Waals surface area (Å²) in [4.78, 5) is 23.8. The Morgan fingerprint density at radius 1 is 0.966 bits per heavy atom. The molecule has 6 nitrogen and oxygen atoms in total. The van der Waals surface area contributed by atoms with E-state index in [9.17, 15) is 22.4 Å². The molecule has 29 heavy (non-hydrogen) atoms. The number of aldehydes is 1. The molecule has 0 aromatic heterocycles. The van der Waals surface area contributed by atoms with Crippen LogP contribution in [-0.4, -0.2) is 20.6 Å². The van der Waals surface area contributed by atoms with Crippen LogP contribution in [0.1, 0.15) is 26.3 Å². The second-order valence-corrected chi connectivity index (χ2v) is 7.95. The molecule has 3 aromatic rings. The molecule has 0 aliphatic heterocycles. The fraction of sp³-hybridized carbons (Fsp3) is 0.0476. The number of carbonyl (C=O) groups excluding carboxylic acids is 2. The number of anilines is 2. The van der Waals surface area contributed by atoms with Gasteiger partial charge in [0.05, 0.1) is 21.8 Å². The van der Waals surface area contributed by atoms with Gasteiger partial charge < -0.3 is 5.32 Å². The zero-order valence-electron chi connectivity index (χ0n) is 15.3. The molecule has 148 valence electrons. The zero-order chi connectivity index (χ0) is 21.0. The number of nitrogens with one attached hydrogen (secondary N) is 2. The van der Waals surface area contributed by atoms with Crippen molar-refractivity contribution in [3.63, 3.8) is 0 Å². The minimum Gasteiger partial charge on any atom is -0.321 e. The van der Waals surface area contributed by atoms with Gasteiger partial charge in [-0.1, -0.05) is 29.8 Å². The van der Waals surface area contributed by atoms with Gasteiger partial charge in [0, 0.05) is 5.56 Å². The van der Waals surface area contributed by atoms with E-state index in [4.69, 9.17) is 0 Å². The summed E-state index contributed by atoms with van der Waals surface area (Å²) in [5.41, 5.74) is 1.08. The van der Waals surface area contributed by atoms with Crippen LogP contribution in [-0.2, 0) is 10.0 Å². The van der Waals surface area contributed by atoms with Gasteiger partial charge in [0.15, 0.2) is 6.29 Å². The van der Waals surface area contributed by atoms with Crippen LogP contribution >= 0.6 is 0 Å². The highest BCUT2D eigenvalue weighted by Crippen LogP contribution is 2.23. The van der Waals surface area contributed by atoms with Gasteiger partial charge in [0.25, 0.3) is 15.9 Å². The van der Waals surface area contributed by atoms with Crippen LogP contribution in [0.15, 0.2) is 71.6 Å². The summed E-state index contributed by atoms with van der Waals surface area (Å²) in [5.74, 6) is -1.41. The predicted octanol–water partition coefficient (Wildman–Crippen LogP) is 4.00. The van der Waals surface area contributed by atoms with E-state index < -0.39 is 21.7 Å². The van der Waals surface area contributed by atoms with Gasteiger partial charge in [0.2, 0.25) is 0 Å². The molecule has 8 heteroatoms. The molecule has 3 rings (SSSR count). The van der Waals surface area contributed by atoms with Crippen LogP contribution in [0, 0.1) is 12.7 Å². The summed E-state index contributed by atoms with van der Waals surface area (Å²) in [6.07, 6.45) is 0.585. The van der Waals surface area contributed by atoms with E-state index in [0.29, 0.717) is 6.29 Å².